The molecule has 12 amide bonds. The van der Waals surface area contributed by atoms with E-state index >= 15 is 0 Å². The van der Waals surface area contributed by atoms with E-state index in [2.05, 4.69) is 63.1 Å². The molecule has 1 aliphatic rings. The smallest absolute Gasteiger partial charge is 0.305 e. The highest BCUT2D eigenvalue weighted by atomic mass is 32.2. The number of thioether (sulfide) groups is 1. The lowest BCUT2D eigenvalue weighted by molar-refractivity contribution is -0.144. The maximum Gasteiger partial charge on any atom is 0.305 e. The van der Waals surface area contributed by atoms with Gasteiger partial charge >= 0.3 is 29.8 Å². The molecule has 0 aromatic carbocycles. The number of primary amides is 1. The minimum Gasteiger partial charge on any atom is -0.481 e. The molecule has 1 aliphatic heterocycles. The molecule has 0 saturated carbocycles. The van der Waals surface area contributed by atoms with Crippen LogP contribution in [0.25, 0.3) is 0 Å². The van der Waals surface area contributed by atoms with Crippen molar-refractivity contribution < 1.29 is 112 Å². The van der Waals surface area contributed by atoms with Crippen molar-refractivity contribution in [1.29, 1.82) is 0 Å². The van der Waals surface area contributed by atoms with E-state index in [4.69, 9.17) is 5.73 Å². The number of hydrogen-bond donors (Lipinski definition) is 18. The highest BCUT2D eigenvalue weighted by Gasteiger charge is 2.42. The lowest BCUT2D eigenvalue weighted by atomic mass is 10.0. The van der Waals surface area contributed by atoms with E-state index in [1.54, 1.807) is 0 Å². The van der Waals surface area contributed by atoms with Gasteiger partial charge in [0, 0.05) is 51.8 Å². The molecule has 0 radical (unpaired) electrons. The number of aliphatic hydroxyl groups is 1. The number of rotatable bonds is 44. The third-order valence-corrected chi connectivity index (χ3v) is 15.4. The Balaban J connectivity index is 2.51. The molecule has 2 rings (SSSR count). The highest BCUT2D eigenvalue weighted by molar-refractivity contribution is 7.98. The van der Waals surface area contributed by atoms with Crippen LogP contribution in [0, 0.1) is 11.8 Å². The van der Waals surface area contributed by atoms with Crippen molar-refractivity contribution in [2.24, 2.45) is 17.6 Å². The molecular formula is C57H88N14O23S. The molecule has 0 bridgehead atoms. The van der Waals surface area contributed by atoms with E-state index in [9.17, 15) is 112 Å². The fraction of sp³-hybridized carbons (Fsp3) is 0.649. The largest absolute Gasteiger partial charge is 0.481 e. The van der Waals surface area contributed by atoms with E-state index in [1.165, 1.54) is 58.9 Å². The van der Waals surface area contributed by atoms with E-state index in [0.717, 1.165) is 11.8 Å². The van der Waals surface area contributed by atoms with Gasteiger partial charge in [0.15, 0.2) is 0 Å². The van der Waals surface area contributed by atoms with Crippen molar-refractivity contribution in [2.75, 3.05) is 18.6 Å². The third kappa shape index (κ3) is 29.1. The molecule has 1 fully saturated rings. The minimum atomic E-state index is -1.96. The molecule has 2 heterocycles. The zero-order valence-electron chi connectivity index (χ0n) is 53.6. The van der Waals surface area contributed by atoms with Crippen molar-refractivity contribution >= 4 is 112 Å². The Hall–Kier alpha value is -9.49. The van der Waals surface area contributed by atoms with Gasteiger partial charge in [-0.3, -0.25) is 81.5 Å². The second-order valence-corrected chi connectivity index (χ2v) is 24.1. The molecule has 0 aliphatic carbocycles. The summed E-state index contributed by atoms with van der Waals surface area (Å²) in [7, 11) is 0. The number of aliphatic carboxylic acids is 5. The number of likely N-dealkylation sites (tertiary alicyclic amines) is 1. The second-order valence-electron chi connectivity index (χ2n) is 23.1. The molecule has 38 heteroatoms. The fourth-order valence-corrected chi connectivity index (χ4v) is 10.1. The zero-order valence-corrected chi connectivity index (χ0v) is 54.4. The normalized spacial score (nSPS) is 16.2. The standard InChI is InChI=1S/C57H88N14O23S/c1-26(2)44(47(58)84)68-53(90)37(23-43(82)83)67-49(86)33(13-17-40(76)77)62-48(85)32(12-16-39(74)75)63-52(89)36(22-30-24-59-25-60-30)66-50(87)34(14-18-41(78)79)64-55(92)45(27(3)4)69-54(91)38-11-8-20-71(38)57(94)35(15-19-42(80)81)65-56(93)46(28(5)72)70-51(88)31(61-29(6)73)10-9-21-95-7/h24-28,31-38,44-46,72H,8-23H2,1-7H3,(H2,58,84)(H,59,60)(H,61,73)(H,62,85)(H,63,89)(H,64,92)(H,65,93)(H,66,87)(H,67,86)(H,68,90)(H,69,91)(H,70,88)(H,74,75)(H,76,77)(H,78,79)(H,80,81)(H,82,83)/t28-,31+,32+,33+,34+,35+,36+,37+,38+,44+,45+,46+/m1/s1. The number of carbonyl (C=O) groups excluding carboxylic acids is 12. The first kappa shape index (κ1) is 81.6. The van der Waals surface area contributed by atoms with Gasteiger partial charge < -0.3 is 99.4 Å². The van der Waals surface area contributed by atoms with Crippen LogP contribution in [0.3, 0.4) is 0 Å². The molecule has 95 heavy (non-hydrogen) atoms. The average Bonchev–Trinajstić information content (AvgIpc) is 1.79. The maximum absolute atomic E-state index is 14.4. The quantitative estimate of drug-likeness (QED) is 0.0272. The SMILES string of the molecule is CSCCC[C@H](NC(C)=O)C(=O)N[C@H](C(=O)N[C@@H](CCC(=O)O)C(=O)N1CCC[C@H]1C(=O)N[C@H](C(=O)N[C@@H](CCC(=O)O)C(=O)N[C@@H](Cc1c[nH]cn1)C(=O)N[C@@H](CCC(=O)O)C(=O)N[C@@H](CCC(=O)O)C(=O)N[C@@H](CC(=O)O)C(=O)N[C@H](C(N)=O)C(C)C)C(C)C)[C@@H](C)O. The fourth-order valence-electron chi connectivity index (χ4n) is 9.67. The lowest BCUT2D eigenvalue weighted by Crippen LogP contribution is -2.62. The summed E-state index contributed by atoms with van der Waals surface area (Å²) < 4.78 is 0. The van der Waals surface area contributed by atoms with Crippen molar-refractivity contribution in [1.82, 2.24) is 68.0 Å². The number of nitrogens with two attached hydrogens (primary N) is 1. The predicted molar refractivity (Wildman–Crippen MR) is 330 cm³/mol. The van der Waals surface area contributed by atoms with Crippen LogP contribution in [0.1, 0.15) is 131 Å². The Kier molecular flexibility index (Phi) is 34.9. The lowest BCUT2D eigenvalue weighted by Gasteiger charge is -2.32. The maximum atomic E-state index is 14.4. The van der Waals surface area contributed by atoms with Gasteiger partial charge in [0.25, 0.3) is 0 Å². The monoisotopic (exact) mass is 1370 g/mol. The molecule has 1 aromatic rings. The van der Waals surface area contributed by atoms with E-state index < -0.39 is 249 Å². The Morgan fingerprint density at radius 3 is 1.38 bits per heavy atom. The summed E-state index contributed by atoms with van der Waals surface area (Å²) in [4.78, 5) is 231. The summed E-state index contributed by atoms with van der Waals surface area (Å²) in [6.07, 6.45) is -4.06. The van der Waals surface area contributed by atoms with Gasteiger partial charge in [-0.2, -0.15) is 11.8 Å². The predicted octanol–water partition coefficient (Wildman–Crippen LogP) is -4.93. The number of carboxylic acid groups (broad SMARTS) is 5. The summed E-state index contributed by atoms with van der Waals surface area (Å²) in [5.41, 5.74) is 5.44. The summed E-state index contributed by atoms with van der Waals surface area (Å²) in [6.45, 7) is 8.14. The molecule has 1 saturated heterocycles. The van der Waals surface area contributed by atoms with Crippen LogP contribution in [0.5, 0.6) is 0 Å². The topological polar surface area (TPSA) is 590 Å². The van der Waals surface area contributed by atoms with Gasteiger partial charge in [0.05, 0.1) is 24.5 Å². The third-order valence-electron chi connectivity index (χ3n) is 14.7. The highest BCUT2D eigenvalue weighted by Crippen LogP contribution is 2.21. The van der Waals surface area contributed by atoms with E-state index in [-0.39, 0.29) is 31.5 Å². The Morgan fingerprint density at radius 1 is 0.537 bits per heavy atom. The summed E-state index contributed by atoms with van der Waals surface area (Å²) in [6, 6.07) is -18.4. The van der Waals surface area contributed by atoms with Gasteiger partial charge in [-0.05, 0) is 82.1 Å². The Bertz CT molecular complexity index is 2910. The van der Waals surface area contributed by atoms with Gasteiger partial charge in [-0.15, -0.1) is 0 Å². The van der Waals surface area contributed by atoms with Crippen molar-refractivity contribution in [2.45, 2.75) is 204 Å². The molecule has 12 atom stereocenters. The van der Waals surface area contributed by atoms with Gasteiger partial charge in [-0.1, -0.05) is 27.7 Å². The van der Waals surface area contributed by atoms with Crippen LogP contribution in [-0.4, -0.2) is 237 Å². The number of aliphatic hydroxyl groups excluding tert-OH is 1. The summed E-state index contributed by atoms with van der Waals surface area (Å²) in [5, 5.41) is 82.0. The first-order valence-electron chi connectivity index (χ1n) is 30.3. The zero-order chi connectivity index (χ0) is 72.0. The van der Waals surface area contributed by atoms with Gasteiger partial charge in [-0.25, -0.2) is 4.98 Å². The van der Waals surface area contributed by atoms with Crippen LogP contribution in [0.4, 0.5) is 0 Å². The number of imidazole rings is 1. The molecule has 530 valence electrons. The number of hydrogen-bond acceptors (Lipinski definition) is 20. The van der Waals surface area contributed by atoms with Gasteiger partial charge in [0.1, 0.15) is 66.5 Å². The Morgan fingerprint density at radius 2 is 0.947 bits per heavy atom. The summed E-state index contributed by atoms with van der Waals surface area (Å²) >= 11 is 1.48. The Labute approximate surface area is 549 Å². The summed E-state index contributed by atoms with van der Waals surface area (Å²) in [5.74, 6) is -21.3. The number of nitrogens with one attached hydrogen (secondary N) is 11. The minimum absolute atomic E-state index is 0.0332. The first-order valence-corrected chi connectivity index (χ1v) is 31.7. The molecule has 0 spiro atoms. The van der Waals surface area contributed by atoms with E-state index in [0.29, 0.717) is 12.2 Å². The number of H-pyrrole nitrogens is 1. The number of carbonyl (C=O) groups is 17. The van der Waals surface area contributed by atoms with Crippen LogP contribution in [-0.2, 0) is 87.9 Å². The number of nitrogens with zero attached hydrogens (tertiary/aromatic N) is 2. The second kappa shape index (κ2) is 40.6. The van der Waals surface area contributed by atoms with Gasteiger partial charge in [0.2, 0.25) is 70.9 Å². The van der Waals surface area contributed by atoms with E-state index in [1.807, 2.05) is 6.26 Å². The number of amides is 12. The number of aromatic amines is 1. The van der Waals surface area contributed by atoms with Crippen molar-refractivity contribution in [3.05, 3.63) is 18.2 Å². The average molecular weight is 1370 g/mol. The number of carboxylic acids is 5. The van der Waals surface area contributed by atoms with Crippen molar-refractivity contribution in [3.8, 4) is 0 Å². The first-order chi connectivity index (χ1) is 44.5. The number of aromatic nitrogens is 2. The van der Waals surface area contributed by atoms with Crippen LogP contribution in [0.15, 0.2) is 12.5 Å². The molecule has 37 nitrogen and oxygen atoms in total. The van der Waals surface area contributed by atoms with Crippen LogP contribution >= 0.6 is 11.8 Å². The van der Waals surface area contributed by atoms with Crippen LogP contribution in [0.2, 0.25) is 0 Å². The van der Waals surface area contributed by atoms with Crippen LogP contribution < -0.4 is 58.9 Å². The molecule has 19 N–H and O–H groups in total. The van der Waals surface area contributed by atoms with Crippen molar-refractivity contribution in [3.63, 3.8) is 0 Å². The molecular weight excluding hydrogens is 1280 g/mol. The molecule has 0 unspecified atom stereocenters. The molecule has 1 aromatic heterocycles.